The van der Waals surface area contributed by atoms with E-state index in [1.54, 1.807) is 20.8 Å². The molecule has 0 aromatic heterocycles. The summed E-state index contributed by atoms with van der Waals surface area (Å²) in [4.78, 5) is 12.3. The molecular weight excluding hydrogens is 420 g/mol. The second-order valence-electron chi connectivity index (χ2n) is 7.57. The summed E-state index contributed by atoms with van der Waals surface area (Å²) in [5.41, 5.74) is 0.899. The lowest BCUT2D eigenvalue weighted by molar-refractivity contribution is -0.230. The number of esters is 1. The first-order valence-electron chi connectivity index (χ1n) is 9.64. The fourth-order valence-electron chi connectivity index (χ4n) is 3.74. The van der Waals surface area contributed by atoms with Crippen LogP contribution in [0.15, 0.2) is 30.3 Å². The number of carbonyl (C=O) groups excluding carboxylic acids is 1. The fraction of sp³-hybridized carbons (Fsp3) is 0.632. The Morgan fingerprint density at radius 3 is 2.50 bits per heavy atom. The highest BCUT2D eigenvalue weighted by Crippen LogP contribution is 2.42. The first kappa shape index (κ1) is 21.6. The van der Waals surface area contributed by atoms with E-state index >= 15 is 0 Å². The summed E-state index contributed by atoms with van der Waals surface area (Å²) in [7, 11) is -4.40. The molecule has 1 aromatic carbocycles. The molecular formula is C19H24O10S. The van der Waals surface area contributed by atoms with Crippen molar-refractivity contribution in [3.63, 3.8) is 0 Å². The van der Waals surface area contributed by atoms with Crippen LogP contribution in [0.25, 0.3) is 0 Å². The van der Waals surface area contributed by atoms with Crippen LogP contribution in [-0.2, 0) is 53.9 Å². The molecule has 11 heteroatoms. The molecule has 10 nitrogen and oxygen atoms in total. The monoisotopic (exact) mass is 444 g/mol. The largest absolute Gasteiger partial charge is 0.464 e. The van der Waals surface area contributed by atoms with Gasteiger partial charge in [-0.3, -0.25) is 0 Å². The third-order valence-corrected chi connectivity index (χ3v) is 5.80. The van der Waals surface area contributed by atoms with Crippen molar-refractivity contribution in [2.75, 3.05) is 6.61 Å². The van der Waals surface area contributed by atoms with Crippen LogP contribution in [0.1, 0.15) is 26.3 Å². The molecule has 0 aliphatic carbocycles. The zero-order chi connectivity index (χ0) is 21.5. The molecule has 3 aliphatic heterocycles. The number of fused-ring (bicyclic) bond motifs is 1. The number of rotatable bonds is 6. The van der Waals surface area contributed by atoms with Crippen molar-refractivity contribution in [1.29, 1.82) is 0 Å². The molecule has 1 aromatic rings. The number of benzene rings is 1. The van der Waals surface area contributed by atoms with Gasteiger partial charge >= 0.3 is 16.4 Å². The summed E-state index contributed by atoms with van der Waals surface area (Å²) >= 11 is 0. The van der Waals surface area contributed by atoms with Crippen LogP contribution in [-0.4, -0.2) is 63.6 Å². The van der Waals surface area contributed by atoms with Gasteiger partial charge in [0.25, 0.3) is 0 Å². The first-order chi connectivity index (χ1) is 14.2. The molecule has 3 saturated heterocycles. The van der Waals surface area contributed by atoms with Gasteiger partial charge in [0.1, 0.15) is 24.4 Å². The fourth-order valence-corrected chi connectivity index (χ4v) is 4.71. The van der Waals surface area contributed by atoms with Gasteiger partial charge in [-0.1, -0.05) is 30.3 Å². The molecule has 0 bridgehead atoms. The number of hydrogen-bond acceptors (Lipinski definition) is 10. The third-order valence-electron chi connectivity index (χ3n) is 4.90. The molecule has 3 aliphatic rings. The molecule has 6 atom stereocenters. The second-order valence-corrected chi connectivity index (χ2v) is 8.77. The number of hydrogen-bond donors (Lipinski definition) is 0. The molecule has 0 amide bonds. The maximum absolute atomic E-state index is 12.3. The Morgan fingerprint density at radius 1 is 1.07 bits per heavy atom. The Kier molecular flexibility index (Phi) is 5.88. The van der Waals surface area contributed by atoms with E-state index in [2.05, 4.69) is 0 Å². The number of ether oxygens (including phenoxy) is 5. The van der Waals surface area contributed by atoms with Crippen LogP contribution < -0.4 is 0 Å². The highest BCUT2D eigenvalue weighted by Gasteiger charge is 2.62. The molecule has 3 fully saturated rings. The van der Waals surface area contributed by atoms with E-state index in [9.17, 15) is 13.2 Å². The van der Waals surface area contributed by atoms with Crippen LogP contribution in [0.5, 0.6) is 0 Å². The maximum Gasteiger partial charge on any atom is 0.401 e. The smallest absolute Gasteiger partial charge is 0.401 e. The van der Waals surface area contributed by atoms with Crippen molar-refractivity contribution in [3.8, 4) is 0 Å². The Balaban J connectivity index is 1.58. The van der Waals surface area contributed by atoms with Gasteiger partial charge in [0, 0.05) is 0 Å². The van der Waals surface area contributed by atoms with E-state index in [0.29, 0.717) is 0 Å². The summed E-state index contributed by atoms with van der Waals surface area (Å²) < 4.78 is 62.3. The Morgan fingerprint density at radius 2 is 1.80 bits per heavy atom. The van der Waals surface area contributed by atoms with Gasteiger partial charge in [-0.05, 0) is 26.3 Å². The van der Waals surface area contributed by atoms with Gasteiger partial charge < -0.3 is 23.7 Å². The van der Waals surface area contributed by atoms with Crippen LogP contribution in [0, 0.1) is 0 Å². The lowest BCUT2D eigenvalue weighted by Crippen LogP contribution is -2.48. The van der Waals surface area contributed by atoms with Crippen LogP contribution >= 0.6 is 0 Å². The molecule has 0 unspecified atom stereocenters. The van der Waals surface area contributed by atoms with Gasteiger partial charge in [-0.15, -0.1) is 0 Å². The normalized spacial score (nSPS) is 36.5. The summed E-state index contributed by atoms with van der Waals surface area (Å²) in [5, 5.41) is 0. The Bertz CT molecular complexity index is 871. The minimum Gasteiger partial charge on any atom is -0.464 e. The van der Waals surface area contributed by atoms with E-state index in [0.717, 1.165) is 5.56 Å². The van der Waals surface area contributed by atoms with Crippen molar-refractivity contribution in [2.24, 2.45) is 0 Å². The van der Waals surface area contributed by atoms with Crippen molar-refractivity contribution in [3.05, 3.63) is 35.9 Å². The highest BCUT2D eigenvalue weighted by atomic mass is 32.3. The van der Waals surface area contributed by atoms with Crippen molar-refractivity contribution >= 4 is 16.4 Å². The second kappa shape index (κ2) is 8.15. The molecule has 4 rings (SSSR count). The molecule has 3 heterocycles. The zero-order valence-electron chi connectivity index (χ0n) is 16.8. The predicted molar refractivity (Wildman–Crippen MR) is 99.0 cm³/mol. The lowest BCUT2D eigenvalue weighted by Gasteiger charge is -2.29. The van der Waals surface area contributed by atoms with Crippen molar-refractivity contribution in [1.82, 2.24) is 0 Å². The Hall–Kier alpha value is -1.60. The van der Waals surface area contributed by atoms with Gasteiger partial charge in [0.15, 0.2) is 12.1 Å². The molecule has 0 saturated carbocycles. The van der Waals surface area contributed by atoms with Crippen LogP contribution in [0.3, 0.4) is 0 Å². The zero-order valence-corrected chi connectivity index (χ0v) is 17.6. The summed E-state index contributed by atoms with van der Waals surface area (Å²) in [5.74, 6) is -1.78. The van der Waals surface area contributed by atoms with Gasteiger partial charge in [-0.25, -0.2) is 13.2 Å². The minimum absolute atomic E-state index is 0.0522. The maximum atomic E-state index is 12.3. The van der Waals surface area contributed by atoms with Gasteiger partial charge in [0.2, 0.25) is 6.10 Å². The van der Waals surface area contributed by atoms with Crippen LogP contribution in [0.4, 0.5) is 0 Å². The minimum atomic E-state index is -4.40. The third kappa shape index (κ3) is 4.37. The van der Waals surface area contributed by atoms with Crippen molar-refractivity contribution in [2.45, 2.75) is 70.0 Å². The standard InChI is InChI=1S/C19H24O10S/c1-4-23-17(20)15-14(28-30(21,22)29-15)13-12(24-10-11-8-6-5-7-9-11)16-18(25-13)27-19(2,3)26-16/h5-9,12-16,18H,4,10H2,1-3H3/t12-,13-,14-,15+,16+,18+/m0/s1. The average molecular weight is 444 g/mol. The molecule has 0 radical (unpaired) electrons. The highest BCUT2D eigenvalue weighted by molar-refractivity contribution is 7.82. The average Bonchev–Trinajstić information content (AvgIpc) is 3.27. The predicted octanol–water partition coefficient (Wildman–Crippen LogP) is 1.04. The van der Waals surface area contributed by atoms with E-state index in [-0.39, 0.29) is 13.2 Å². The van der Waals surface area contributed by atoms with E-state index in [1.807, 2.05) is 30.3 Å². The van der Waals surface area contributed by atoms with Gasteiger partial charge in [-0.2, -0.15) is 8.42 Å². The first-order valence-corrected chi connectivity index (χ1v) is 11.0. The van der Waals surface area contributed by atoms with Gasteiger partial charge in [0.05, 0.1) is 13.2 Å². The van der Waals surface area contributed by atoms with Crippen molar-refractivity contribution < 1.29 is 45.3 Å². The SMILES string of the molecule is CCOC(=O)[C@@H]1OS(=O)(=O)O[C@H]1[C@H]1O[C@@H]2OC(C)(C)O[C@@H]2[C@H]1OCc1ccccc1. The van der Waals surface area contributed by atoms with Crippen LogP contribution in [0.2, 0.25) is 0 Å². The van der Waals surface area contributed by atoms with E-state index < -0.39 is 59.0 Å². The summed E-state index contributed by atoms with van der Waals surface area (Å²) in [6.07, 6.45) is -6.09. The number of carbonyl (C=O) groups is 1. The van der Waals surface area contributed by atoms with E-state index in [4.69, 9.17) is 32.1 Å². The summed E-state index contributed by atoms with van der Waals surface area (Å²) in [6, 6.07) is 9.41. The van der Waals surface area contributed by atoms with E-state index in [1.165, 1.54) is 0 Å². The molecule has 166 valence electrons. The molecule has 0 spiro atoms. The summed E-state index contributed by atoms with van der Waals surface area (Å²) in [6.45, 7) is 5.33. The topological polar surface area (TPSA) is 116 Å². The Labute approximate surface area is 174 Å². The molecule has 0 N–H and O–H groups in total. The quantitative estimate of drug-likeness (QED) is 0.589. The lowest BCUT2D eigenvalue weighted by atomic mass is 10.0. The molecule has 30 heavy (non-hydrogen) atoms.